The van der Waals surface area contributed by atoms with E-state index >= 15 is 0 Å². The second-order valence-corrected chi connectivity index (χ2v) is 6.12. The van der Waals surface area contributed by atoms with Gasteiger partial charge in [-0.3, -0.25) is 4.21 Å². The van der Waals surface area contributed by atoms with Crippen LogP contribution in [0.4, 0.5) is 0 Å². The second-order valence-electron chi connectivity index (χ2n) is 4.55. The third kappa shape index (κ3) is 3.65. The number of aliphatic hydroxyl groups excluding tert-OH is 1. The van der Waals surface area contributed by atoms with Crippen molar-refractivity contribution in [2.45, 2.75) is 11.4 Å². The quantitative estimate of drug-likeness (QED) is 0.829. The van der Waals surface area contributed by atoms with Gasteiger partial charge in [-0.15, -0.1) is 6.58 Å². The molecule has 0 aliphatic heterocycles. The molecule has 1 N–H and O–H groups in total. The first-order valence-corrected chi connectivity index (χ1v) is 7.88. The second kappa shape index (κ2) is 7.17. The van der Waals surface area contributed by atoms with Gasteiger partial charge in [0.2, 0.25) is 0 Å². The summed E-state index contributed by atoms with van der Waals surface area (Å²) < 4.78 is 12.6. The van der Waals surface area contributed by atoms with Crippen molar-refractivity contribution in [3.8, 4) is 0 Å². The van der Waals surface area contributed by atoms with E-state index in [1.807, 2.05) is 60.7 Å². The third-order valence-corrected chi connectivity index (χ3v) is 4.81. The minimum absolute atomic E-state index is 0.192. The Kier molecular flexibility index (Phi) is 5.27. The molecule has 0 radical (unpaired) electrons. The van der Waals surface area contributed by atoms with Crippen LogP contribution in [-0.2, 0) is 10.8 Å². The van der Waals surface area contributed by atoms with Gasteiger partial charge in [0.05, 0.1) is 17.1 Å². The first-order valence-electron chi connectivity index (χ1n) is 6.50. The number of rotatable bonds is 6. The number of hydrogen-bond acceptors (Lipinski definition) is 2. The van der Waals surface area contributed by atoms with Crippen LogP contribution in [0.2, 0.25) is 0 Å². The van der Waals surface area contributed by atoms with Crippen molar-refractivity contribution < 1.29 is 9.32 Å². The van der Waals surface area contributed by atoms with Gasteiger partial charge in [-0.05, 0) is 11.1 Å². The van der Waals surface area contributed by atoms with Crippen LogP contribution in [0.3, 0.4) is 0 Å². The Morgan fingerprint density at radius 2 is 1.45 bits per heavy atom. The maximum absolute atomic E-state index is 12.6. The van der Waals surface area contributed by atoms with Crippen molar-refractivity contribution in [3.05, 3.63) is 84.4 Å². The standard InChI is InChI=1S/C17H18O2S/c1-2-16(18)13-20(19)17(14-9-5-3-6-10-14)15-11-7-4-8-12-15/h2-12,16-18H,1,13H2. The van der Waals surface area contributed by atoms with Crippen LogP contribution in [0.5, 0.6) is 0 Å². The Labute approximate surface area is 122 Å². The summed E-state index contributed by atoms with van der Waals surface area (Å²) in [7, 11) is -1.21. The van der Waals surface area contributed by atoms with E-state index in [1.165, 1.54) is 6.08 Å². The van der Waals surface area contributed by atoms with E-state index in [2.05, 4.69) is 6.58 Å². The molecule has 0 bridgehead atoms. The van der Waals surface area contributed by atoms with Crippen LogP contribution in [0.25, 0.3) is 0 Å². The molecule has 0 saturated heterocycles. The largest absolute Gasteiger partial charge is 0.388 e. The highest BCUT2D eigenvalue weighted by Crippen LogP contribution is 2.28. The smallest absolute Gasteiger partial charge is 0.0847 e. The Bertz CT molecular complexity index is 527. The molecule has 2 unspecified atom stereocenters. The predicted molar refractivity (Wildman–Crippen MR) is 83.9 cm³/mol. The lowest BCUT2D eigenvalue weighted by Gasteiger charge is -2.18. The molecule has 20 heavy (non-hydrogen) atoms. The Morgan fingerprint density at radius 1 is 1.00 bits per heavy atom. The monoisotopic (exact) mass is 286 g/mol. The van der Waals surface area contributed by atoms with Gasteiger partial charge < -0.3 is 5.11 Å². The van der Waals surface area contributed by atoms with Crippen molar-refractivity contribution in [1.29, 1.82) is 0 Å². The van der Waals surface area contributed by atoms with Crippen molar-refractivity contribution >= 4 is 10.8 Å². The fourth-order valence-corrected chi connectivity index (χ4v) is 3.67. The van der Waals surface area contributed by atoms with E-state index in [0.29, 0.717) is 0 Å². The molecule has 0 aliphatic carbocycles. The van der Waals surface area contributed by atoms with E-state index in [4.69, 9.17) is 0 Å². The molecule has 0 spiro atoms. The highest BCUT2D eigenvalue weighted by atomic mass is 32.2. The molecule has 2 rings (SSSR count). The molecule has 104 valence electrons. The summed E-state index contributed by atoms with van der Waals surface area (Å²) in [6, 6.07) is 19.5. The maximum Gasteiger partial charge on any atom is 0.0847 e. The van der Waals surface area contributed by atoms with Crippen LogP contribution in [-0.4, -0.2) is 21.2 Å². The van der Waals surface area contributed by atoms with Crippen LogP contribution in [0, 0.1) is 0 Å². The third-order valence-electron chi connectivity index (χ3n) is 3.07. The molecule has 3 heteroatoms. The van der Waals surface area contributed by atoms with Gasteiger partial charge in [-0.2, -0.15) is 0 Å². The predicted octanol–water partition coefficient (Wildman–Crippen LogP) is 3.07. The first-order chi connectivity index (χ1) is 9.72. The van der Waals surface area contributed by atoms with Crippen LogP contribution in [0.1, 0.15) is 16.4 Å². The zero-order chi connectivity index (χ0) is 14.4. The Morgan fingerprint density at radius 3 is 1.85 bits per heavy atom. The zero-order valence-corrected chi connectivity index (χ0v) is 12.0. The molecule has 0 amide bonds. The highest BCUT2D eigenvalue weighted by molar-refractivity contribution is 7.85. The van der Waals surface area contributed by atoms with E-state index in [0.717, 1.165) is 11.1 Å². The highest BCUT2D eigenvalue weighted by Gasteiger charge is 2.22. The van der Waals surface area contributed by atoms with Crippen molar-refractivity contribution in [2.24, 2.45) is 0 Å². The molecule has 2 aromatic rings. The Hall–Kier alpha value is -1.71. The number of benzene rings is 2. The maximum atomic E-state index is 12.6. The van der Waals surface area contributed by atoms with Crippen molar-refractivity contribution in [1.82, 2.24) is 0 Å². The SMILES string of the molecule is C=CC(O)CS(=O)C(c1ccccc1)c1ccccc1. The summed E-state index contributed by atoms with van der Waals surface area (Å²) in [6.07, 6.45) is 0.677. The topological polar surface area (TPSA) is 37.3 Å². The van der Waals surface area contributed by atoms with Crippen LogP contribution in [0.15, 0.2) is 73.3 Å². The van der Waals surface area contributed by atoms with Gasteiger partial charge >= 0.3 is 0 Å². The van der Waals surface area contributed by atoms with Gasteiger partial charge in [0, 0.05) is 10.8 Å². The molecular formula is C17H18O2S. The van der Waals surface area contributed by atoms with Crippen molar-refractivity contribution in [3.63, 3.8) is 0 Å². The van der Waals surface area contributed by atoms with Gasteiger partial charge in [0.25, 0.3) is 0 Å². The van der Waals surface area contributed by atoms with Crippen LogP contribution >= 0.6 is 0 Å². The molecule has 0 fully saturated rings. The summed E-state index contributed by atoms with van der Waals surface area (Å²) in [5.74, 6) is 0.192. The van der Waals surface area contributed by atoms with Gasteiger partial charge in [0.1, 0.15) is 0 Å². The molecule has 2 aromatic carbocycles. The molecule has 2 nitrogen and oxygen atoms in total. The number of aliphatic hydroxyl groups is 1. The van der Waals surface area contributed by atoms with E-state index in [9.17, 15) is 9.32 Å². The average molecular weight is 286 g/mol. The molecule has 0 saturated carbocycles. The molecular weight excluding hydrogens is 268 g/mol. The fraction of sp³-hybridized carbons (Fsp3) is 0.176. The lowest BCUT2D eigenvalue weighted by atomic mass is 10.0. The number of hydrogen-bond donors (Lipinski definition) is 1. The van der Waals surface area contributed by atoms with E-state index < -0.39 is 16.9 Å². The average Bonchev–Trinajstić information content (AvgIpc) is 2.49. The summed E-state index contributed by atoms with van der Waals surface area (Å²) in [4.78, 5) is 0. The summed E-state index contributed by atoms with van der Waals surface area (Å²) in [5.41, 5.74) is 1.99. The zero-order valence-electron chi connectivity index (χ0n) is 11.2. The summed E-state index contributed by atoms with van der Waals surface area (Å²) >= 11 is 0. The molecule has 2 atom stereocenters. The molecule has 0 aliphatic rings. The fourth-order valence-electron chi connectivity index (χ4n) is 2.08. The lowest BCUT2D eigenvalue weighted by Crippen LogP contribution is -2.19. The normalized spacial score (nSPS) is 13.9. The molecule has 0 heterocycles. The molecule has 0 aromatic heterocycles. The van der Waals surface area contributed by atoms with Gasteiger partial charge in [-0.1, -0.05) is 66.7 Å². The summed E-state index contributed by atoms with van der Waals surface area (Å²) in [5, 5.41) is 9.43. The minimum atomic E-state index is -1.21. The van der Waals surface area contributed by atoms with Gasteiger partial charge in [-0.25, -0.2) is 0 Å². The van der Waals surface area contributed by atoms with Crippen molar-refractivity contribution in [2.75, 3.05) is 5.75 Å². The van der Waals surface area contributed by atoms with E-state index in [-0.39, 0.29) is 11.0 Å². The first kappa shape index (κ1) is 14.7. The van der Waals surface area contributed by atoms with Gasteiger partial charge in [0.15, 0.2) is 0 Å². The van der Waals surface area contributed by atoms with E-state index in [1.54, 1.807) is 0 Å². The van der Waals surface area contributed by atoms with Crippen LogP contribution < -0.4 is 0 Å². The Balaban J connectivity index is 2.35. The minimum Gasteiger partial charge on any atom is -0.388 e. The lowest BCUT2D eigenvalue weighted by molar-refractivity contribution is 0.247. The summed E-state index contributed by atoms with van der Waals surface area (Å²) in [6.45, 7) is 3.53.